The minimum absolute atomic E-state index is 0.186. The second kappa shape index (κ2) is 5.31. The first-order chi connectivity index (χ1) is 8.45. The third-order valence-electron chi connectivity index (χ3n) is 3.62. The molecule has 1 N–H and O–H groups in total. The molecule has 1 fully saturated rings. The second-order valence-electron chi connectivity index (χ2n) is 5.07. The van der Waals surface area contributed by atoms with E-state index in [2.05, 4.69) is 0 Å². The molecule has 100 valence electrons. The van der Waals surface area contributed by atoms with E-state index in [1.165, 1.54) is 0 Å². The van der Waals surface area contributed by atoms with E-state index in [4.69, 9.17) is 0 Å². The van der Waals surface area contributed by atoms with Crippen LogP contribution in [0.2, 0.25) is 0 Å². The third-order valence-corrected chi connectivity index (χ3v) is 3.62. The molecule has 0 unspecified atom stereocenters. The molecule has 0 aliphatic heterocycles. The van der Waals surface area contributed by atoms with Crippen molar-refractivity contribution in [1.29, 1.82) is 0 Å². The number of hydrogen-bond acceptors (Lipinski definition) is 1. The molecule has 4 heteroatoms. The van der Waals surface area contributed by atoms with Crippen molar-refractivity contribution in [2.75, 3.05) is 0 Å². The maximum absolute atomic E-state index is 12.4. The zero-order chi connectivity index (χ0) is 13.2. The molecular formula is C14H17F3O. The van der Waals surface area contributed by atoms with Crippen LogP contribution in [-0.2, 0) is 12.6 Å². The number of aliphatic hydroxyl groups excluding tert-OH is 1. The summed E-state index contributed by atoms with van der Waals surface area (Å²) in [6.07, 6.45) is -0.0897. The van der Waals surface area contributed by atoms with E-state index in [1.54, 1.807) is 12.1 Å². The molecule has 0 bridgehead atoms. The topological polar surface area (TPSA) is 20.2 Å². The van der Waals surface area contributed by atoms with Crippen molar-refractivity contribution in [3.8, 4) is 0 Å². The van der Waals surface area contributed by atoms with Crippen molar-refractivity contribution >= 4 is 0 Å². The zero-order valence-corrected chi connectivity index (χ0v) is 10.1. The Balaban J connectivity index is 1.94. The number of aliphatic hydroxyl groups is 1. The average molecular weight is 258 g/mol. The fraction of sp³-hybridized carbons (Fsp3) is 0.571. The fourth-order valence-corrected chi connectivity index (χ4v) is 2.51. The standard InChI is InChI=1S/C14H17F3O/c15-14(16,17)12-5-1-10(2-6-12)9-11-3-7-13(18)8-4-11/h1-2,5-6,11,13,18H,3-4,7-9H2. The lowest BCUT2D eigenvalue weighted by atomic mass is 9.83. The molecule has 1 nitrogen and oxygen atoms in total. The van der Waals surface area contributed by atoms with E-state index in [0.29, 0.717) is 5.92 Å². The molecule has 1 aliphatic carbocycles. The monoisotopic (exact) mass is 258 g/mol. The van der Waals surface area contributed by atoms with Crippen LogP contribution in [-0.4, -0.2) is 11.2 Å². The molecule has 0 heterocycles. The predicted octanol–water partition coefficient (Wildman–Crippen LogP) is 3.80. The van der Waals surface area contributed by atoms with E-state index < -0.39 is 11.7 Å². The third kappa shape index (κ3) is 3.48. The van der Waals surface area contributed by atoms with Gasteiger partial charge in [0.1, 0.15) is 0 Å². The van der Waals surface area contributed by atoms with E-state index in [1.807, 2.05) is 0 Å². The second-order valence-corrected chi connectivity index (χ2v) is 5.07. The minimum atomic E-state index is -4.26. The average Bonchev–Trinajstić information content (AvgIpc) is 2.32. The molecule has 2 rings (SSSR count). The molecule has 1 aliphatic rings. The first kappa shape index (κ1) is 13.4. The van der Waals surface area contributed by atoms with Gasteiger partial charge in [-0.2, -0.15) is 13.2 Å². The van der Waals surface area contributed by atoms with Crippen LogP contribution in [0.5, 0.6) is 0 Å². The molecule has 0 saturated heterocycles. The Morgan fingerprint density at radius 1 is 1.00 bits per heavy atom. The molecular weight excluding hydrogens is 241 g/mol. The Morgan fingerprint density at radius 3 is 2.06 bits per heavy atom. The summed E-state index contributed by atoms with van der Waals surface area (Å²) < 4.78 is 37.2. The molecule has 0 aromatic heterocycles. The van der Waals surface area contributed by atoms with E-state index in [9.17, 15) is 18.3 Å². The summed E-state index contributed by atoms with van der Waals surface area (Å²) in [5.74, 6) is 0.491. The lowest BCUT2D eigenvalue weighted by Gasteiger charge is -2.25. The number of halogens is 3. The summed E-state index contributed by atoms with van der Waals surface area (Å²) in [4.78, 5) is 0. The number of benzene rings is 1. The van der Waals surface area contributed by atoms with Crippen LogP contribution in [0.15, 0.2) is 24.3 Å². The lowest BCUT2D eigenvalue weighted by molar-refractivity contribution is -0.137. The van der Waals surface area contributed by atoms with Gasteiger partial charge in [-0.15, -0.1) is 0 Å². The fourth-order valence-electron chi connectivity index (χ4n) is 2.51. The van der Waals surface area contributed by atoms with Gasteiger partial charge in [0.25, 0.3) is 0 Å². The van der Waals surface area contributed by atoms with Gasteiger partial charge >= 0.3 is 6.18 Å². The van der Waals surface area contributed by atoms with Gasteiger partial charge < -0.3 is 5.11 Å². The first-order valence-corrected chi connectivity index (χ1v) is 6.29. The summed E-state index contributed by atoms with van der Waals surface area (Å²) in [6.45, 7) is 0. The molecule has 1 saturated carbocycles. The molecule has 1 aromatic rings. The van der Waals surface area contributed by atoms with E-state index in [-0.39, 0.29) is 6.10 Å². The van der Waals surface area contributed by atoms with Crippen LogP contribution >= 0.6 is 0 Å². The van der Waals surface area contributed by atoms with Crippen LogP contribution in [0.25, 0.3) is 0 Å². The first-order valence-electron chi connectivity index (χ1n) is 6.29. The Bertz CT molecular complexity index is 375. The highest BCUT2D eigenvalue weighted by molar-refractivity contribution is 5.24. The van der Waals surface area contributed by atoms with Crippen molar-refractivity contribution in [3.63, 3.8) is 0 Å². The van der Waals surface area contributed by atoms with Gasteiger partial charge in [0.05, 0.1) is 11.7 Å². The normalized spacial score (nSPS) is 25.1. The van der Waals surface area contributed by atoms with Crippen LogP contribution in [0.1, 0.15) is 36.8 Å². The van der Waals surface area contributed by atoms with Gasteiger partial charge in [-0.25, -0.2) is 0 Å². The van der Waals surface area contributed by atoms with Gasteiger partial charge in [-0.05, 0) is 55.7 Å². The molecule has 0 atom stereocenters. The quantitative estimate of drug-likeness (QED) is 0.855. The highest BCUT2D eigenvalue weighted by atomic mass is 19.4. The van der Waals surface area contributed by atoms with Gasteiger partial charge in [0, 0.05) is 0 Å². The Hall–Kier alpha value is -1.03. The van der Waals surface area contributed by atoms with E-state index >= 15 is 0 Å². The van der Waals surface area contributed by atoms with Crippen molar-refractivity contribution in [2.45, 2.75) is 44.4 Å². The Morgan fingerprint density at radius 2 is 1.56 bits per heavy atom. The molecule has 18 heavy (non-hydrogen) atoms. The SMILES string of the molecule is OC1CCC(Cc2ccc(C(F)(F)F)cc2)CC1. The summed E-state index contributed by atoms with van der Waals surface area (Å²) in [7, 11) is 0. The summed E-state index contributed by atoms with van der Waals surface area (Å²) in [5.41, 5.74) is 0.356. The van der Waals surface area contributed by atoms with Crippen molar-refractivity contribution in [1.82, 2.24) is 0 Å². The van der Waals surface area contributed by atoms with Crippen molar-refractivity contribution < 1.29 is 18.3 Å². The smallest absolute Gasteiger partial charge is 0.393 e. The van der Waals surface area contributed by atoms with Crippen molar-refractivity contribution in [2.24, 2.45) is 5.92 Å². The maximum Gasteiger partial charge on any atom is 0.416 e. The summed E-state index contributed by atoms with van der Waals surface area (Å²) >= 11 is 0. The zero-order valence-electron chi connectivity index (χ0n) is 10.1. The van der Waals surface area contributed by atoms with Crippen LogP contribution < -0.4 is 0 Å². The molecule has 0 radical (unpaired) electrons. The number of hydrogen-bond donors (Lipinski definition) is 1. The number of rotatable bonds is 2. The summed E-state index contributed by atoms with van der Waals surface area (Å²) in [6, 6.07) is 5.42. The lowest BCUT2D eigenvalue weighted by Crippen LogP contribution is -2.19. The van der Waals surface area contributed by atoms with E-state index in [0.717, 1.165) is 49.8 Å². The maximum atomic E-state index is 12.4. The molecule has 1 aromatic carbocycles. The largest absolute Gasteiger partial charge is 0.416 e. The highest BCUT2D eigenvalue weighted by Gasteiger charge is 2.30. The minimum Gasteiger partial charge on any atom is -0.393 e. The van der Waals surface area contributed by atoms with Gasteiger partial charge in [-0.3, -0.25) is 0 Å². The van der Waals surface area contributed by atoms with Crippen LogP contribution in [0, 0.1) is 5.92 Å². The van der Waals surface area contributed by atoms with Crippen LogP contribution in [0.4, 0.5) is 13.2 Å². The number of alkyl halides is 3. The van der Waals surface area contributed by atoms with Gasteiger partial charge in [0.2, 0.25) is 0 Å². The summed E-state index contributed by atoms with van der Waals surface area (Å²) in [5, 5.41) is 9.39. The van der Waals surface area contributed by atoms with Crippen LogP contribution in [0.3, 0.4) is 0 Å². The van der Waals surface area contributed by atoms with Gasteiger partial charge in [-0.1, -0.05) is 12.1 Å². The van der Waals surface area contributed by atoms with Crippen molar-refractivity contribution in [3.05, 3.63) is 35.4 Å². The van der Waals surface area contributed by atoms with Gasteiger partial charge in [0.15, 0.2) is 0 Å². The predicted molar refractivity (Wildman–Crippen MR) is 63.1 cm³/mol. The Kier molecular flexibility index (Phi) is 3.95. The molecule has 0 spiro atoms. The Labute approximate surface area is 105 Å². The molecule has 0 amide bonds. The highest BCUT2D eigenvalue weighted by Crippen LogP contribution is 2.31.